The molecule has 1 aliphatic rings. The van der Waals surface area contributed by atoms with Crippen LogP contribution in [0.15, 0.2) is 24.3 Å². The van der Waals surface area contributed by atoms with Gasteiger partial charge in [0.2, 0.25) is 0 Å². The third-order valence-corrected chi connectivity index (χ3v) is 5.99. The molecule has 1 fully saturated rings. The Kier molecular flexibility index (Phi) is 5.81. The van der Waals surface area contributed by atoms with E-state index >= 15 is 0 Å². The molecule has 1 aromatic rings. The zero-order chi connectivity index (χ0) is 16.2. The Morgan fingerprint density at radius 2 is 2.05 bits per heavy atom. The maximum absolute atomic E-state index is 12.7. The van der Waals surface area contributed by atoms with Crippen LogP contribution in [0.25, 0.3) is 0 Å². The predicted molar refractivity (Wildman–Crippen MR) is 86.4 cm³/mol. The van der Waals surface area contributed by atoms with Gasteiger partial charge in [0.25, 0.3) is 10.2 Å². The van der Waals surface area contributed by atoms with E-state index in [0.717, 1.165) is 18.4 Å². The maximum Gasteiger partial charge on any atom is 0.282 e. The molecule has 0 heterocycles. The largest absolute Gasteiger partial charge is 0.282 e. The summed E-state index contributed by atoms with van der Waals surface area (Å²) in [6, 6.07) is 9.25. The second-order valence-corrected chi connectivity index (χ2v) is 8.01. The summed E-state index contributed by atoms with van der Waals surface area (Å²) in [5.41, 5.74) is 0.794. The van der Waals surface area contributed by atoms with E-state index in [9.17, 15) is 8.42 Å². The summed E-state index contributed by atoms with van der Waals surface area (Å²) in [6.07, 6.45) is 2.31. The van der Waals surface area contributed by atoms with Crippen molar-refractivity contribution in [1.29, 1.82) is 5.26 Å². The molecule has 0 spiro atoms. The highest BCUT2D eigenvalue weighted by molar-refractivity contribution is 7.86. The zero-order valence-corrected chi connectivity index (χ0v) is 14.1. The molecule has 1 aliphatic carbocycles. The summed E-state index contributed by atoms with van der Waals surface area (Å²) in [4.78, 5) is 0. The molecule has 0 amide bonds. The fraction of sp³-hybridized carbons (Fsp3) is 0.533. The number of benzene rings is 1. The van der Waals surface area contributed by atoms with E-state index in [-0.39, 0.29) is 19.5 Å². The molecule has 0 atom stereocenters. The minimum atomic E-state index is -3.59. The molecule has 0 radical (unpaired) electrons. The highest BCUT2D eigenvalue weighted by atomic mass is 35.5. The van der Waals surface area contributed by atoms with E-state index in [2.05, 4.69) is 0 Å². The number of rotatable bonds is 8. The summed E-state index contributed by atoms with van der Waals surface area (Å²) < 4.78 is 28.2. The van der Waals surface area contributed by atoms with Crippen LogP contribution >= 0.6 is 11.6 Å². The molecule has 0 N–H and O–H groups in total. The molecular weight excluding hydrogens is 322 g/mol. The van der Waals surface area contributed by atoms with Crippen LogP contribution in [0.1, 0.15) is 24.8 Å². The van der Waals surface area contributed by atoms with Crippen molar-refractivity contribution in [1.82, 2.24) is 8.61 Å². The Morgan fingerprint density at radius 1 is 1.36 bits per heavy atom. The molecule has 1 saturated carbocycles. The van der Waals surface area contributed by atoms with Gasteiger partial charge in [-0.15, -0.1) is 0 Å². The van der Waals surface area contributed by atoms with Crippen LogP contribution < -0.4 is 0 Å². The Balaban J connectivity index is 2.18. The lowest BCUT2D eigenvalue weighted by Gasteiger charge is -2.27. The molecule has 0 saturated heterocycles. The molecule has 1 aromatic carbocycles. The number of halogens is 1. The summed E-state index contributed by atoms with van der Waals surface area (Å²) >= 11 is 6.16. The van der Waals surface area contributed by atoms with Crippen LogP contribution in [-0.4, -0.2) is 37.2 Å². The second kappa shape index (κ2) is 7.42. The van der Waals surface area contributed by atoms with E-state index in [0.29, 0.717) is 17.5 Å². The van der Waals surface area contributed by atoms with Gasteiger partial charge in [-0.25, -0.2) is 0 Å². The van der Waals surface area contributed by atoms with Crippen LogP contribution in [0.2, 0.25) is 5.02 Å². The van der Waals surface area contributed by atoms with Crippen molar-refractivity contribution in [3.63, 3.8) is 0 Å². The monoisotopic (exact) mass is 341 g/mol. The number of hydrogen-bond acceptors (Lipinski definition) is 3. The van der Waals surface area contributed by atoms with E-state index in [1.54, 1.807) is 6.07 Å². The highest BCUT2D eigenvalue weighted by Gasteiger charge is 2.33. The van der Waals surface area contributed by atoms with E-state index < -0.39 is 10.2 Å². The van der Waals surface area contributed by atoms with Crippen LogP contribution in [0.5, 0.6) is 0 Å². The molecule has 0 aliphatic heterocycles. The van der Waals surface area contributed by atoms with Crippen molar-refractivity contribution in [2.45, 2.75) is 25.8 Å². The van der Waals surface area contributed by atoms with E-state index in [1.165, 1.54) is 15.7 Å². The smallest absolute Gasteiger partial charge is 0.198 e. The zero-order valence-electron chi connectivity index (χ0n) is 12.6. The first-order chi connectivity index (χ1) is 10.4. The lowest BCUT2D eigenvalue weighted by atomic mass is 10.2. The molecule has 120 valence electrons. The molecule has 5 nitrogen and oxygen atoms in total. The van der Waals surface area contributed by atoms with E-state index in [1.807, 2.05) is 24.3 Å². The Labute approximate surface area is 137 Å². The SMILES string of the molecule is CN(CCC#N)S(=O)(=O)N(Cc1ccccc1Cl)CC1CC1. The van der Waals surface area contributed by atoms with Crippen molar-refractivity contribution >= 4 is 21.8 Å². The van der Waals surface area contributed by atoms with Gasteiger partial charge in [0.05, 0.1) is 6.07 Å². The van der Waals surface area contributed by atoms with Gasteiger partial charge < -0.3 is 0 Å². The summed E-state index contributed by atoms with van der Waals surface area (Å²) in [5, 5.41) is 9.21. The normalized spacial score (nSPS) is 15.2. The lowest BCUT2D eigenvalue weighted by molar-refractivity contribution is 0.346. The van der Waals surface area contributed by atoms with Crippen molar-refractivity contribution in [3.8, 4) is 6.07 Å². The van der Waals surface area contributed by atoms with Gasteiger partial charge >= 0.3 is 0 Å². The number of nitriles is 1. The topological polar surface area (TPSA) is 64.4 Å². The third-order valence-electron chi connectivity index (χ3n) is 3.72. The average Bonchev–Trinajstić information content (AvgIpc) is 3.30. The molecule has 22 heavy (non-hydrogen) atoms. The van der Waals surface area contributed by atoms with Crippen LogP contribution in [0.4, 0.5) is 0 Å². The quantitative estimate of drug-likeness (QED) is 0.730. The van der Waals surface area contributed by atoms with Crippen molar-refractivity contribution in [2.24, 2.45) is 5.92 Å². The molecule has 0 aromatic heterocycles. The van der Waals surface area contributed by atoms with E-state index in [4.69, 9.17) is 16.9 Å². The van der Waals surface area contributed by atoms with Gasteiger partial charge in [0.15, 0.2) is 0 Å². The van der Waals surface area contributed by atoms with Gasteiger partial charge in [-0.05, 0) is 30.4 Å². The fourth-order valence-corrected chi connectivity index (χ4v) is 3.78. The van der Waals surface area contributed by atoms with Gasteiger partial charge in [-0.3, -0.25) is 0 Å². The Hall–Kier alpha value is -1.13. The Bertz CT molecular complexity index is 653. The van der Waals surface area contributed by atoms with Crippen molar-refractivity contribution in [2.75, 3.05) is 20.1 Å². The van der Waals surface area contributed by atoms with Gasteiger partial charge in [0.1, 0.15) is 0 Å². The van der Waals surface area contributed by atoms with Gasteiger partial charge in [-0.1, -0.05) is 29.8 Å². The number of hydrogen-bond donors (Lipinski definition) is 0. The summed E-state index contributed by atoms with van der Waals surface area (Å²) in [5.74, 6) is 0.432. The summed E-state index contributed by atoms with van der Waals surface area (Å²) in [6.45, 7) is 0.961. The van der Waals surface area contributed by atoms with Gasteiger partial charge in [0, 0.05) is 38.1 Å². The molecule has 2 rings (SSSR count). The first kappa shape index (κ1) is 17.2. The first-order valence-electron chi connectivity index (χ1n) is 7.27. The second-order valence-electron chi connectivity index (χ2n) is 5.56. The predicted octanol–water partition coefficient (Wildman–Crippen LogP) is 2.64. The standard InChI is InChI=1S/C15H20ClN3O2S/c1-18(10-4-9-17)22(20,21)19(11-13-7-8-13)12-14-5-2-3-6-15(14)16/h2-3,5-6,13H,4,7-8,10-12H2,1H3. The van der Waals surface area contributed by atoms with Crippen molar-refractivity contribution < 1.29 is 8.42 Å². The first-order valence-corrected chi connectivity index (χ1v) is 9.04. The molecule has 0 bridgehead atoms. The summed E-state index contributed by atoms with van der Waals surface area (Å²) in [7, 11) is -2.07. The molecular formula is C15H20ClN3O2S. The molecule has 0 unspecified atom stereocenters. The van der Waals surface area contributed by atoms with Crippen LogP contribution in [-0.2, 0) is 16.8 Å². The maximum atomic E-state index is 12.7. The van der Waals surface area contributed by atoms with Gasteiger partial charge in [-0.2, -0.15) is 22.3 Å². The number of nitrogens with zero attached hydrogens (tertiary/aromatic N) is 3. The fourth-order valence-electron chi connectivity index (χ4n) is 2.17. The minimum Gasteiger partial charge on any atom is -0.198 e. The lowest BCUT2D eigenvalue weighted by Crippen LogP contribution is -2.42. The average molecular weight is 342 g/mol. The Morgan fingerprint density at radius 3 is 2.64 bits per heavy atom. The van der Waals surface area contributed by atoms with Crippen LogP contribution in [0.3, 0.4) is 0 Å². The van der Waals surface area contributed by atoms with Crippen LogP contribution in [0, 0.1) is 17.2 Å². The third kappa shape index (κ3) is 4.43. The highest BCUT2D eigenvalue weighted by Crippen LogP contribution is 2.32. The van der Waals surface area contributed by atoms with Crippen molar-refractivity contribution in [3.05, 3.63) is 34.9 Å². The minimum absolute atomic E-state index is 0.180. The molecule has 7 heteroatoms.